The monoisotopic (exact) mass is 315 g/mol. The molecular formula is C15H13ClF3NO. The number of halogens is 4. The number of benzene rings is 2. The highest BCUT2D eigenvalue weighted by atomic mass is 35.5. The lowest BCUT2D eigenvalue weighted by atomic mass is 9.99. The summed E-state index contributed by atoms with van der Waals surface area (Å²) < 4.78 is 42.1. The fourth-order valence-corrected chi connectivity index (χ4v) is 2.19. The zero-order valence-electron chi connectivity index (χ0n) is 10.9. The summed E-state index contributed by atoms with van der Waals surface area (Å²) in [5.41, 5.74) is 7.19. The lowest BCUT2D eigenvalue weighted by Gasteiger charge is -2.15. The van der Waals surface area contributed by atoms with Crippen LogP contribution in [0.15, 0.2) is 42.5 Å². The number of ether oxygens (including phenoxy) is 1. The van der Waals surface area contributed by atoms with Crippen LogP contribution in [0.25, 0.3) is 0 Å². The molecule has 0 saturated carbocycles. The Morgan fingerprint density at radius 3 is 2.57 bits per heavy atom. The van der Waals surface area contributed by atoms with Crippen LogP contribution in [0, 0.1) is 5.82 Å². The summed E-state index contributed by atoms with van der Waals surface area (Å²) in [6.45, 7) is -2.89. The first-order chi connectivity index (χ1) is 9.97. The summed E-state index contributed by atoms with van der Waals surface area (Å²) >= 11 is 5.87. The zero-order valence-corrected chi connectivity index (χ0v) is 11.7. The van der Waals surface area contributed by atoms with Crippen molar-refractivity contribution in [1.82, 2.24) is 0 Å². The van der Waals surface area contributed by atoms with Gasteiger partial charge >= 0.3 is 6.61 Å². The predicted octanol–water partition coefficient (Wildman–Crippen LogP) is 4.32. The Bertz CT molecular complexity index is 622. The standard InChI is InChI=1S/C15H13ClF3NO/c16-14-10(4-2-6-12(14)17)8-13(20)9-3-1-5-11(7-9)21-15(18)19/h1-7,13,15H,8,20H2. The molecule has 0 bridgehead atoms. The molecule has 1 unspecified atom stereocenters. The van der Waals surface area contributed by atoms with E-state index in [0.29, 0.717) is 11.1 Å². The summed E-state index contributed by atoms with van der Waals surface area (Å²) in [5.74, 6) is -0.487. The zero-order chi connectivity index (χ0) is 15.4. The molecule has 2 rings (SSSR count). The van der Waals surface area contributed by atoms with E-state index in [1.165, 1.54) is 18.2 Å². The second-order valence-corrected chi connectivity index (χ2v) is 4.85. The highest BCUT2D eigenvalue weighted by Crippen LogP contribution is 2.26. The number of hydrogen-bond donors (Lipinski definition) is 1. The molecule has 0 aromatic heterocycles. The number of rotatable bonds is 5. The van der Waals surface area contributed by atoms with Crippen molar-refractivity contribution in [2.24, 2.45) is 5.73 Å². The summed E-state index contributed by atoms with van der Waals surface area (Å²) in [7, 11) is 0. The molecule has 0 amide bonds. The quantitative estimate of drug-likeness (QED) is 0.891. The van der Waals surface area contributed by atoms with Crippen molar-refractivity contribution in [2.45, 2.75) is 19.1 Å². The van der Waals surface area contributed by atoms with Crippen molar-refractivity contribution >= 4 is 11.6 Å². The van der Waals surface area contributed by atoms with Crippen molar-refractivity contribution in [3.8, 4) is 5.75 Å². The van der Waals surface area contributed by atoms with Crippen LogP contribution >= 0.6 is 11.6 Å². The van der Waals surface area contributed by atoms with Gasteiger partial charge in [0, 0.05) is 6.04 Å². The van der Waals surface area contributed by atoms with Gasteiger partial charge in [-0.15, -0.1) is 0 Å². The van der Waals surface area contributed by atoms with Gasteiger partial charge in [-0.3, -0.25) is 0 Å². The molecule has 112 valence electrons. The molecule has 0 radical (unpaired) electrons. The van der Waals surface area contributed by atoms with E-state index in [9.17, 15) is 13.2 Å². The van der Waals surface area contributed by atoms with Crippen LogP contribution in [-0.2, 0) is 6.42 Å². The van der Waals surface area contributed by atoms with Gasteiger partial charge in [-0.1, -0.05) is 35.9 Å². The molecule has 0 heterocycles. The Labute approximate surface area is 125 Å². The van der Waals surface area contributed by atoms with Gasteiger partial charge in [0.15, 0.2) is 0 Å². The van der Waals surface area contributed by atoms with Crippen LogP contribution in [0.3, 0.4) is 0 Å². The van der Waals surface area contributed by atoms with Crippen LogP contribution in [0.4, 0.5) is 13.2 Å². The summed E-state index contributed by atoms with van der Waals surface area (Å²) in [6, 6.07) is 10.1. The van der Waals surface area contributed by atoms with Crippen molar-refractivity contribution in [3.05, 3.63) is 64.4 Å². The van der Waals surface area contributed by atoms with Gasteiger partial charge in [-0.2, -0.15) is 8.78 Å². The Morgan fingerprint density at radius 2 is 1.86 bits per heavy atom. The van der Waals surface area contributed by atoms with E-state index in [4.69, 9.17) is 17.3 Å². The molecule has 0 saturated heterocycles. The maximum absolute atomic E-state index is 13.4. The van der Waals surface area contributed by atoms with Crippen molar-refractivity contribution in [2.75, 3.05) is 0 Å². The fourth-order valence-electron chi connectivity index (χ4n) is 1.98. The van der Waals surface area contributed by atoms with E-state index in [2.05, 4.69) is 4.74 Å². The van der Waals surface area contributed by atoms with Crippen molar-refractivity contribution in [3.63, 3.8) is 0 Å². The van der Waals surface area contributed by atoms with Gasteiger partial charge in [0.1, 0.15) is 11.6 Å². The van der Waals surface area contributed by atoms with E-state index in [1.807, 2.05) is 0 Å². The Hall–Kier alpha value is -1.72. The largest absolute Gasteiger partial charge is 0.435 e. The lowest BCUT2D eigenvalue weighted by molar-refractivity contribution is -0.0499. The molecule has 2 N–H and O–H groups in total. The average molecular weight is 316 g/mol. The van der Waals surface area contributed by atoms with Gasteiger partial charge in [-0.25, -0.2) is 4.39 Å². The molecule has 2 aromatic rings. The third-order valence-corrected chi connectivity index (χ3v) is 3.41. The first kappa shape index (κ1) is 15.7. The maximum atomic E-state index is 13.4. The molecule has 2 aromatic carbocycles. The Kier molecular flexibility index (Phi) is 5.09. The van der Waals surface area contributed by atoms with Crippen LogP contribution in [0.2, 0.25) is 5.02 Å². The van der Waals surface area contributed by atoms with Gasteiger partial charge in [0.05, 0.1) is 5.02 Å². The first-order valence-corrected chi connectivity index (χ1v) is 6.58. The normalized spacial score (nSPS) is 12.5. The van der Waals surface area contributed by atoms with Gasteiger partial charge < -0.3 is 10.5 Å². The second kappa shape index (κ2) is 6.83. The Morgan fingerprint density at radius 1 is 1.14 bits per heavy atom. The highest BCUT2D eigenvalue weighted by molar-refractivity contribution is 6.31. The van der Waals surface area contributed by atoms with Crippen molar-refractivity contribution in [1.29, 1.82) is 0 Å². The fraction of sp³-hybridized carbons (Fsp3) is 0.200. The molecule has 0 aliphatic rings. The van der Waals surface area contributed by atoms with Gasteiger partial charge in [0.25, 0.3) is 0 Å². The lowest BCUT2D eigenvalue weighted by Crippen LogP contribution is -2.14. The van der Waals surface area contributed by atoms with E-state index < -0.39 is 18.5 Å². The molecular weight excluding hydrogens is 303 g/mol. The van der Waals surface area contributed by atoms with E-state index >= 15 is 0 Å². The summed E-state index contributed by atoms with van der Waals surface area (Å²) in [4.78, 5) is 0. The predicted molar refractivity (Wildman–Crippen MR) is 75.1 cm³/mol. The van der Waals surface area contributed by atoms with Gasteiger partial charge in [0.2, 0.25) is 0 Å². The summed E-state index contributed by atoms with van der Waals surface area (Å²) in [5, 5.41) is 0.0212. The minimum absolute atomic E-state index is 0.0212. The molecule has 6 heteroatoms. The molecule has 0 spiro atoms. The highest BCUT2D eigenvalue weighted by Gasteiger charge is 2.13. The van der Waals surface area contributed by atoms with Crippen LogP contribution in [0.1, 0.15) is 17.2 Å². The van der Waals surface area contributed by atoms with Crippen LogP contribution < -0.4 is 10.5 Å². The third kappa shape index (κ3) is 4.12. The smallest absolute Gasteiger partial charge is 0.387 e. The van der Waals surface area contributed by atoms with E-state index in [1.54, 1.807) is 24.3 Å². The minimum Gasteiger partial charge on any atom is -0.435 e. The number of hydrogen-bond acceptors (Lipinski definition) is 2. The number of nitrogens with two attached hydrogens (primary N) is 1. The van der Waals surface area contributed by atoms with Crippen molar-refractivity contribution < 1.29 is 17.9 Å². The molecule has 0 fully saturated rings. The molecule has 0 aliphatic heterocycles. The molecule has 21 heavy (non-hydrogen) atoms. The van der Waals surface area contributed by atoms with E-state index in [-0.39, 0.29) is 17.2 Å². The SMILES string of the molecule is NC(Cc1cccc(F)c1Cl)c1cccc(OC(F)F)c1. The molecule has 1 atom stereocenters. The topological polar surface area (TPSA) is 35.2 Å². The average Bonchev–Trinajstić information content (AvgIpc) is 2.43. The number of alkyl halides is 2. The van der Waals surface area contributed by atoms with Crippen LogP contribution in [-0.4, -0.2) is 6.61 Å². The Balaban J connectivity index is 2.16. The van der Waals surface area contributed by atoms with Crippen LogP contribution in [0.5, 0.6) is 5.75 Å². The summed E-state index contributed by atoms with van der Waals surface area (Å²) in [6.07, 6.45) is 0.286. The second-order valence-electron chi connectivity index (χ2n) is 4.47. The third-order valence-electron chi connectivity index (χ3n) is 2.98. The van der Waals surface area contributed by atoms with Gasteiger partial charge in [-0.05, 0) is 35.7 Å². The van der Waals surface area contributed by atoms with E-state index in [0.717, 1.165) is 0 Å². The first-order valence-electron chi connectivity index (χ1n) is 6.20. The molecule has 2 nitrogen and oxygen atoms in total. The maximum Gasteiger partial charge on any atom is 0.387 e. The molecule has 0 aliphatic carbocycles. The minimum atomic E-state index is -2.89.